The van der Waals surface area contributed by atoms with Crippen molar-refractivity contribution >= 4 is 27.2 Å². The third-order valence-electron chi connectivity index (χ3n) is 7.19. The number of aryl methyl sites for hydroxylation is 1. The second kappa shape index (κ2) is 9.56. The molecule has 1 saturated carbocycles. The number of carbonyl (C=O) groups excluding carboxylic acids is 1. The molecule has 0 spiro atoms. The predicted octanol–water partition coefficient (Wildman–Crippen LogP) is 5.00. The van der Waals surface area contributed by atoms with Gasteiger partial charge in [0.05, 0.1) is 16.7 Å². The second-order valence-corrected chi connectivity index (χ2v) is 12.4. The van der Waals surface area contributed by atoms with Crippen LogP contribution in [-0.2, 0) is 21.1 Å². The van der Waals surface area contributed by atoms with E-state index in [9.17, 15) is 22.0 Å². The SMILES string of the molecule is Cc1cc2c(cc1-c1nnc(C3CCCC(F)(F)C3)o1)C(Cc1ccc(Cl)cc1)C(=O)[C@@H](N)CS2(=O)=O. The van der Waals surface area contributed by atoms with E-state index in [-0.39, 0.29) is 41.7 Å². The molecule has 1 aliphatic carbocycles. The monoisotopic (exact) mass is 549 g/mol. The van der Waals surface area contributed by atoms with E-state index in [1.54, 1.807) is 37.3 Å². The normalized spacial score (nSPS) is 24.9. The number of Topliss-reactive ketones (excluding diaryl/α,β-unsaturated/α-hetero) is 1. The van der Waals surface area contributed by atoms with E-state index in [1.807, 2.05) is 0 Å². The van der Waals surface area contributed by atoms with Gasteiger partial charge in [0.2, 0.25) is 17.7 Å². The maximum absolute atomic E-state index is 13.9. The molecule has 7 nitrogen and oxygen atoms in total. The van der Waals surface area contributed by atoms with Gasteiger partial charge in [0.15, 0.2) is 15.6 Å². The molecule has 2 aromatic carbocycles. The molecule has 5 rings (SSSR count). The highest BCUT2D eigenvalue weighted by atomic mass is 35.5. The average molecular weight is 550 g/mol. The number of aromatic nitrogens is 2. The maximum Gasteiger partial charge on any atom is 0.248 e. The largest absolute Gasteiger partial charge is 0.420 e. The summed E-state index contributed by atoms with van der Waals surface area (Å²) >= 11 is 6.00. The van der Waals surface area contributed by atoms with E-state index in [0.29, 0.717) is 34.6 Å². The number of sulfone groups is 1. The van der Waals surface area contributed by atoms with Gasteiger partial charge in [-0.25, -0.2) is 17.2 Å². The van der Waals surface area contributed by atoms with Crippen LogP contribution in [0.3, 0.4) is 0 Å². The molecule has 0 amide bonds. The minimum atomic E-state index is -3.86. The third kappa shape index (κ3) is 5.19. The molecule has 2 N–H and O–H groups in total. The Bertz CT molecular complexity index is 1460. The molecule has 1 aliphatic heterocycles. The Morgan fingerprint density at radius 1 is 1.19 bits per heavy atom. The molecule has 2 heterocycles. The molecule has 196 valence electrons. The smallest absolute Gasteiger partial charge is 0.248 e. The number of fused-ring (bicyclic) bond motifs is 1. The van der Waals surface area contributed by atoms with E-state index in [4.69, 9.17) is 21.8 Å². The molecule has 0 saturated heterocycles. The average Bonchev–Trinajstić information content (AvgIpc) is 3.30. The fourth-order valence-electron chi connectivity index (χ4n) is 5.25. The highest BCUT2D eigenvalue weighted by Gasteiger charge is 2.40. The van der Waals surface area contributed by atoms with Gasteiger partial charge < -0.3 is 10.2 Å². The molecular weight excluding hydrogens is 524 g/mol. The van der Waals surface area contributed by atoms with Crippen LogP contribution in [0.4, 0.5) is 8.78 Å². The molecule has 37 heavy (non-hydrogen) atoms. The molecule has 0 bridgehead atoms. The van der Waals surface area contributed by atoms with E-state index in [0.717, 1.165) is 5.56 Å². The van der Waals surface area contributed by atoms with Crippen molar-refractivity contribution in [3.05, 3.63) is 64.0 Å². The Morgan fingerprint density at radius 2 is 1.92 bits per heavy atom. The number of nitrogens with zero attached hydrogens (tertiary/aromatic N) is 2. The second-order valence-electron chi connectivity index (χ2n) is 9.97. The summed E-state index contributed by atoms with van der Waals surface area (Å²) in [5.41, 5.74) is 8.13. The fourth-order valence-corrected chi connectivity index (χ4v) is 7.11. The number of alkyl halides is 2. The molecule has 2 aliphatic rings. The van der Waals surface area contributed by atoms with E-state index < -0.39 is 39.4 Å². The third-order valence-corrected chi connectivity index (χ3v) is 9.26. The van der Waals surface area contributed by atoms with Crippen molar-refractivity contribution in [2.24, 2.45) is 5.73 Å². The minimum absolute atomic E-state index is 0.0423. The number of hydrogen-bond donors (Lipinski definition) is 1. The van der Waals surface area contributed by atoms with Crippen molar-refractivity contribution in [2.45, 2.75) is 67.7 Å². The summed E-state index contributed by atoms with van der Waals surface area (Å²) < 4.78 is 60.1. The Kier molecular flexibility index (Phi) is 6.70. The van der Waals surface area contributed by atoms with Crippen LogP contribution in [0.15, 0.2) is 45.7 Å². The van der Waals surface area contributed by atoms with Crippen molar-refractivity contribution in [2.75, 3.05) is 5.75 Å². The van der Waals surface area contributed by atoms with Gasteiger partial charge in [-0.3, -0.25) is 4.79 Å². The highest BCUT2D eigenvalue weighted by Crippen LogP contribution is 2.42. The van der Waals surface area contributed by atoms with Gasteiger partial charge in [-0.1, -0.05) is 23.7 Å². The number of nitrogens with two attached hydrogens (primary N) is 1. The van der Waals surface area contributed by atoms with Gasteiger partial charge in [0.1, 0.15) is 0 Å². The first-order valence-corrected chi connectivity index (χ1v) is 14.1. The first-order chi connectivity index (χ1) is 17.4. The number of ketones is 1. The van der Waals surface area contributed by atoms with Crippen LogP contribution in [0.5, 0.6) is 0 Å². The highest BCUT2D eigenvalue weighted by molar-refractivity contribution is 7.91. The lowest BCUT2D eigenvalue weighted by Gasteiger charge is -2.26. The predicted molar refractivity (Wildman–Crippen MR) is 134 cm³/mol. The molecule has 0 radical (unpaired) electrons. The van der Waals surface area contributed by atoms with Crippen LogP contribution in [0, 0.1) is 6.92 Å². The summed E-state index contributed by atoms with van der Waals surface area (Å²) in [6.07, 6.45) is 0.592. The molecule has 3 atom stereocenters. The van der Waals surface area contributed by atoms with E-state index >= 15 is 0 Å². The lowest BCUT2D eigenvalue weighted by molar-refractivity contribution is -0.121. The fraction of sp³-hybridized carbons (Fsp3) is 0.423. The van der Waals surface area contributed by atoms with Crippen LogP contribution in [0.25, 0.3) is 11.5 Å². The Balaban J connectivity index is 1.58. The maximum atomic E-state index is 13.9. The van der Waals surface area contributed by atoms with Gasteiger partial charge in [0, 0.05) is 35.3 Å². The first-order valence-electron chi connectivity index (χ1n) is 12.1. The molecule has 1 fully saturated rings. The van der Waals surface area contributed by atoms with Gasteiger partial charge in [-0.15, -0.1) is 10.2 Å². The lowest BCUT2D eigenvalue weighted by atomic mass is 9.84. The number of halogens is 3. The van der Waals surface area contributed by atoms with Crippen molar-refractivity contribution < 1.29 is 26.4 Å². The van der Waals surface area contributed by atoms with Crippen LogP contribution in [0.1, 0.15) is 60.1 Å². The number of rotatable bonds is 4. The van der Waals surface area contributed by atoms with Crippen molar-refractivity contribution in [1.82, 2.24) is 10.2 Å². The zero-order chi connectivity index (χ0) is 26.5. The number of benzene rings is 2. The zero-order valence-corrected chi connectivity index (χ0v) is 21.7. The summed E-state index contributed by atoms with van der Waals surface area (Å²) in [6.45, 7) is 1.70. The summed E-state index contributed by atoms with van der Waals surface area (Å²) in [5, 5.41) is 8.67. The summed E-state index contributed by atoms with van der Waals surface area (Å²) in [6, 6.07) is 8.86. The molecule has 3 aromatic rings. The molecule has 1 aromatic heterocycles. The van der Waals surface area contributed by atoms with Crippen molar-refractivity contribution in [3.63, 3.8) is 0 Å². The summed E-state index contributed by atoms with van der Waals surface area (Å²) in [7, 11) is -3.86. The number of carbonyl (C=O) groups is 1. The molecular formula is C26H26ClF2N3O4S. The molecule has 11 heteroatoms. The summed E-state index contributed by atoms with van der Waals surface area (Å²) in [4.78, 5) is 13.4. The number of hydrogen-bond acceptors (Lipinski definition) is 7. The van der Waals surface area contributed by atoms with Crippen molar-refractivity contribution in [3.8, 4) is 11.5 Å². The first kappa shape index (κ1) is 25.9. The quantitative estimate of drug-likeness (QED) is 0.486. The van der Waals surface area contributed by atoms with Crippen LogP contribution >= 0.6 is 11.6 Å². The molecule has 2 unspecified atom stereocenters. The van der Waals surface area contributed by atoms with Gasteiger partial charge in [-0.05, 0) is 67.1 Å². The van der Waals surface area contributed by atoms with Crippen LogP contribution in [0.2, 0.25) is 5.02 Å². The minimum Gasteiger partial charge on any atom is -0.420 e. The Labute approximate surface area is 218 Å². The van der Waals surface area contributed by atoms with Gasteiger partial charge >= 0.3 is 0 Å². The van der Waals surface area contributed by atoms with Crippen LogP contribution < -0.4 is 5.73 Å². The van der Waals surface area contributed by atoms with Crippen LogP contribution in [-0.4, -0.2) is 42.1 Å². The van der Waals surface area contributed by atoms with Crippen molar-refractivity contribution in [1.29, 1.82) is 0 Å². The van der Waals surface area contributed by atoms with Gasteiger partial charge in [-0.2, -0.15) is 0 Å². The lowest BCUT2D eigenvalue weighted by Crippen LogP contribution is -2.38. The zero-order valence-electron chi connectivity index (χ0n) is 20.1. The standard InChI is InChI=1S/C26H26ClF2N3O4S/c1-14-9-22-19(11-18(14)25-32-31-24(36-25)16-3-2-8-26(28,29)12-16)20(10-15-4-6-17(27)7-5-15)23(33)21(30)13-37(22,34)35/h4-7,9,11,16,20-21H,2-3,8,10,12-13,30H2,1H3/t16?,20?,21-/m0/s1. The topological polar surface area (TPSA) is 116 Å². The van der Waals surface area contributed by atoms with Gasteiger partial charge in [0.25, 0.3) is 0 Å². The van der Waals surface area contributed by atoms with E-state index in [1.165, 1.54) is 6.07 Å². The van der Waals surface area contributed by atoms with E-state index in [2.05, 4.69) is 10.2 Å². The summed E-state index contributed by atoms with van der Waals surface area (Å²) in [5.74, 6) is -4.82. The Morgan fingerprint density at radius 3 is 2.62 bits per heavy atom. The Hall–Kier alpha value is -2.69.